The third-order valence-corrected chi connectivity index (χ3v) is 4.75. The highest BCUT2D eigenvalue weighted by Gasteiger charge is 2.28. The molecule has 6 heteroatoms. The molecule has 0 saturated carbocycles. The van der Waals surface area contributed by atoms with E-state index in [0.717, 1.165) is 17.9 Å². The van der Waals surface area contributed by atoms with Gasteiger partial charge in [-0.3, -0.25) is 4.79 Å². The molecule has 0 N–H and O–H groups in total. The maximum Gasteiger partial charge on any atom is 0.257 e. The van der Waals surface area contributed by atoms with Crippen molar-refractivity contribution in [3.05, 3.63) is 51.3 Å². The van der Waals surface area contributed by atoms with Gasteiger partial charge in [-0.1, -0.05) is 29.8 Å². The van der Waals surface area contributed by atoms with Gasteiger partial charge in [0.25, 0.3) is 5.91 Å². The van der Waals surface area contributed by atoms with Crippen LogP contribution in [0.4, 0.5) is 4.39 Å². The number of rotatable bonds is 2. The predicted molar refractivity (Wildman–Crippen MR) is 89.8 cm³/mol. The Balaban J connectivity index is 1.87. The highest BCUT2D eigenvalue weighted by Crippen LogP contribution is 2.25. The van der Waals surface area contributed by atoms with Crippen molar-refractivity contribution < 1.29 is 9.18 Å². The average Bonchev–Trinajstić information content (AvgIpc) is 2.83. The highest BCUT2D eigenvalue weighted by atomic mass is 79.9. The molecule has 1 aromatic carbocycles. The molecule has 3 rings (SSSR count). The standard InChI is InChI=1S/C17H19BrFN3O/c1-10(2)16-20-14-9-22(7-6-15(14)21(16)3)17(23)12-5-4-11(18)8-13(12)19/h4-5,8,10H,6-7,9H2,1-3H3. The Labute approximate surface area is 143 Å². The van der Waals surface area contributed by atoms with Crippen LogP contribution >= 0.6 is 15.9 Å². The van der Waals surface area contributed by atoms with E-state index >= 15 is 0 Å². The summed E-state index contributed by atoms with van der Waals surface area (Å²) in [5.74, 6) is 0.578. The highest BCUT2D eigenvalue weighted by molar-refractivity contribution is 9.10. The van der Waals surface area contributed by atoms with E-state index < -0.39 is 5.82 Å². The number of hydrogen-bond acceptors (Lipinski definition) is 2. The molecule has 0 aliphatic carbocycles. The summed E-state index contributed by atoms with van der Waals surface area (Å²) >= 11 is 3.21. The summed E-state index contributed by atoms with van der Waals surface area (Å²) in [7, 11) is 2.02. The van der Waals surface area contributed by atoms with E-state index in [2.05, 4.69) is 39.3 Å². The first-order chi connectivity index (χ1) is 10.9. The number of aromatic nitrogens is 2. The van der Waals surface area contributed by atoms with E-state index in [4.69, 9.17) is 0 Å². The Morgan fingerprint density at radius 2 is 2.13 bits per heavy atom. The molecule has 1 aliphatic rings. The molecule has 4 nitrogen and oxygen atoms in total. The zero-order valence-corrected chi connectivity index (χ0v) is 15.0. The summed E-state index contributed by atoms with van der Waals surface area (Å²) in [6.07, 6.45) is 0.745. The van der Waals surface area contributed by atoms with Crippen LogP contribution in [-0.4, -0.2) is 26.9 Å². The quantitative estimate of drug-likeness (QED) is 0.798. The van der Waals surface area contributed by atoms with Crippen LogP contribution in [0, 0.1) is 5.82 Å². The van der Waals surface area contributed by atoms with Crippen molar-refractivity contribution >= 4 is 21.8 Å². The summed E-state index contributed by atoms with van der Waals surface area (Å²) in [4.78, 5) is 19.0. The SMILES string of the molecule is CC(C)c1nc2c(n1C)CCN(C(=O)c1ccc(Br)cc1F)C2. The van der Waals surface area contributed by atoms with E-state index in [0.29, 0.717) is 23.5 Å². The number of benzene rings is 1. The van der Waals surface area contributed by atoms with Gasteiger partial charge in [0.15, 0.2) is 0 Å². The molecule has 23 heavy (non-hydrogen) atoms. The average molecular weight is 380 g/mol. The zero-order valence-electron chi connectivity index (χ0n) is 13.4. The third kappa shape index (κ3) is 2.92. The Hall–Kier alpha value is -1.69. The van der Waals surface area contributed by atoms with Crippen LogP contribution in [-0.2, 0) is 20.0 Å². The fraction of sp³-hybridized carbons (Fsp3) is 0.412. The lowest BCUT2D eigenvalue weighted by atomic mass is 10.1. The van der Waals surface area contributed by atoms with Gasteiger partial charge in [0, 0.05) is 36.1 Å². The van der Waals surface area contributed by atoms with Gasteiger partial charge in [-0.25, -0.2) is 9.37 Å². The van der Waals surface area contributed by atoms with Crippen LogP contribution in [0.15, 0.2) is 22.7 Å². The number of fused-ring (bicyclic) bond motifs is 1. The van der Waals surface area contributed by atoms with Crippen molar-refractivity contribution in [1.29, 1.82) is 0 Å². The second-order valence-electron chi connectivity index (χ2n) is 6.18. The van der Waals surface area contributed by atoms with Gasteiger partial charge < -0.3 is 9.47 Å². The van der Waals surface area contributed by atoms with Gasteiger partial charge in [0.05, 0.1) is 17.8 Å². The zero-order chi connectivity index (χ0) is 16.7. The van der Waals surface area contributed by atoms with Crippen LogP contribution in [0.5, 0.6) is 0 Å². The minimum atomic E-state index is -0.501. The van der Waals surface area contributed by atoms with Crippen LogP contribution in [0.2, 0.25) is 0 Å². The van der Waals surface area contributed by atoms with E-state index in [-0.39, 0.29) is 11.5 Å². The molecule has 122 valence electrons. The Kier molecular flexibility index (Phi) is 4.27. The lowest BCUT2D eigenvalue weighted by molar-refractivity contribution is 0.0726. The smallest absolute Gasteiger partial charge is 0.257 e. The van der Waals surface area contributed by atoms with Gasteiger partial charge >= 0.3 is 0 Å². The Morgan fingerprint density at radius 3 is 2.78 bits per heavy atom. The molecule has 0 atom stereocenters. The van der Waals surface area contributed by atoms with Gasteiger partial charge in [0.1, 0.15) is 11.6 Å². The molecule has 0 saturated heterocycles. The summed E-state index contributed by atoms with van der Waals surface area (Å²) in [5.41, 5.74) is 2.21. The molecule has 2 heterocycles. The third-order valence-electron chi connectivity index (χ3n) is 4.26. The normalized spacial score (nSPS) is 14.3. The van der Waals surface area contributed by atoms with Crippen molar-refractivity contribution in [3.63, 3.8) is 0 Å². The van der Waals surface area contributed by atoms with E-state index in [1.54, 1.807) is 11.0 Å². The molecular weight excluding hydrogens is 361 g/mol. The van der Waals surface area contributed by atoms with Crippen molar-refractivity contribution in [3.8, 4) is 0 Å². The van der Waals surface area contributed by atoms with Crippen LogP contribution in [0.3, 0.4) is 0 Å². The van der Waals surface area contributed by atoms with Crippen molar-refractivity contribution in [2.75, 3.05) is 6.54 Å². The molecule has 0 spiro atoms. The van der Waals surface area contributed by atoms with Crippen LogP contribution in [0.1, 0.15) is 47.3 Å². The minimum absolute atomic E-state index is 0.108. The summed E-state index contributed by atoms with van der Waals surface area (Å²) in [6.45, 7) is 5.23. The molecule has 0 radical (unpaired) electrons. The lowest BCUT2D eigenvalue weighted by Crippen LogP contribution is -2.36. The fourth-order valence-corrected chi connectivity index (χ4v) is 3.41. The van der Waals surface area contributed by atoms with E-state index in [9.17, 15) is 9.18 Å². The molecule has 1 amide bonds. The molecular formula is C17H19BrFN3O. The number of imidazole rings is 1. The van der Waals surface area contributed by atoms with Crippen molar-refractivity contribution in [2.45, 2.75) is 32.7 Å². The van der Waals surface area contributed by atoms with Gasteiger partial charge in [-0.05, 0) is 18.2 Å². The number of halogens is 2. The molecule has 1 aromatic heterocycles. The molecule has 0 unspecified atom stereocenters. The van der Waals surface area contributed by atoms with E-state index in [1.807, 2.05) is 7.05 Å². The monoisotopic (exact) mass is 379 g/mol. The first-order valence-electron chi connectivity index (χ1n) is 7.67. The number of carbonyl (C=O) groups excluding carboxylic acids is 1. The number of hydrogen-bond donors (Lipinski definition) is 0. The Morgan fingerprint density at radius 1 is 1.39 bits per heavy atom. The van der Waals surface area contributed by atoms with Crippen LogP contribution < -0.4 is 0 Å². The van der Waals surface area contributed by atoms with E-state index in [1.165, 1.54) is 17.8 Å². The Bertz CT molecular complexity index is 769. The number of carbonyl (C=O) groups is 1. The molecule has 1 aliphatic heterocycles. The van der Waals surface area contributed by atoms with Gasteiger partial charge in [-0.2, -0.15) is 0 Å². The number of amides is 1. The maximum atomic E-state index is 14.0. The largest absolute Gasteiger partial charge is 0.334 e. The lowest BCUT2D eigenvalue weighted by Gasteiger charge is -2.27. The predicted octanol–water partition coefficient (Wildman–Crippen LogP) is 3.64. The summed E-state index contributed by atoms with van der Waals surface area (Å²) < 4.78 is 16.8. The summed E-state index contributed by atoms with van der Waals surface area (Å²) in [6, 6.07) is 4.53. The number of nitrogens with zero attached hydrogens (tertiary/aromatic N) is 3. The first kappa shape index (κ1) is 16.2. The second kappa shape index (κ2) is 6.07. The van der Waals surface area contributed by atoms with Gasteiger partial charge in [0.2, 0.25) is 0 Å². The topological polar surface area (TPSA) is 38.1 Å². The molecule has 0 bridgehead atoms. The second-order valence-corrected chi connectivity index (χ2v) is 7.09. The van der Waals surface area contributed by atoms with Gasteiger partial charge in [-0.15, -0.1) is 0 Å². The van der Waals surface area contributed by atoms with Crippen LogP contribution in [0.25, 0.3) is 0 Å². The van der Waals surface area contributed by atoms with Crippen molar-refractivity contribution in [2.24, 2.45) is 7.05 Å². The maximum absolute atomic E-state index is 14.0. The first-order valence-corrected chi connectivity index (χ1v) is 8.46. The molecule has 0 fully saturated rings. The minimum Gasteiger partial charge on any atom is -0.334 e. The van der Waals surface area contributed by atoms with Crippen molar-refractivity contribution in [1.82, 2.24) is 14.5 Å². The molecule has 2 aromatic rings. The fourth-order valence-electron chi connectivity index (χ4n) is 3.07. The summed E-state index contributed by atoms with van der Waals surface area (Å²) in [5, 5.41) is 0.